The highest BCUT2D eigenvalue weighted by Gasteiger charge is 2.69. The maximum absolute atomic E-state index is 13.6. The van der Waals surface area contributed by atoms with Crippen LogP contribution in [0.3, 0.4) is 0 Å². The maximum atomic E-state index is 13.6. The number of nitrogens with one attached hydrogen (secondary N) is 1. The number of carbonyl (C=O) groups excluding carboxylic acids is 3. The predicted molar refractivity (Wildman–Crippen MR) is 130 cm³/mol. The van der Waals surface area contributed by atoms with E-state index in [1.54, 1.807) is 69.5 Å². The number of hydrogen-bond acceptors (Lipinski definition) is 6. The third-order valence-corrected chi connectivity index (χ3v) is 7.04. The summed E-state index contributed by atoms with van der Waals surface area (Å²) in [6.07, 6.45) is 3.55. The normalized spacial score (nSPS) is 26.0. The molecule has 8 heteroatoms. The van der Waals surface area contributed by atoms with Crippen LogP contribution < -0.4 is 15.0 Å². The van der Waals surface area contributed by atoms with E-state index >= 15 is 0 Å². The van der Waals surface area contributed by atoms with E-state index in [2.05, 4.69) is 5.32 Å². The van der Waals surface area contributed by atoms with Crippen molar-refractivity contribution in [3.63, 3.8) is 0 Å². The number of fused-ring (bicyclic) bond motifs is 1. The summed E-state index contributed by atoms with van der Waals surface area (Å²) in [5, 5.41) is 13.4. The van der Waals surface area contributed by atoms with Crippen molar-refractivity contribution in [1.29, 1.82) is 0 Å². The number of carbonyl (C=O) groups is 4. The number of aliphatic carboxylic acids is 1. The number of imide groups is 1. The lowest BCUT2D eigenvalue weighted by Gasteiger charge is -2.34. The van der Waals surface area contributed by atoms with Crippen LogP contribution >= 0.6 is 0 Å². The summed E-state index contributed by atoms with van der Waals surface area (Å²) in [4.78, 5) is 52.5. The molecule has 4 unspecified atom stereocenters. The Morgan fingerprint density at radius 2 is 1.69 bits per heavy atom. The molecule has 0 bridgehead atoms. The second-order valence-electron chi connectivity index (χ2n) is 9.25. The quantitative estimate of drug-likeness (QED) is 0.466. The third-order valence-electron chi connectivity index (χ3n) is 7.04. The summed E-state index contributed by atoms with van der Waals surface area (Å²) in [6, 6.07) is 12.8. The van der Waals surface area contributed by atoms with Crippen LogP contribution in [0.4, 0.5) is 5.69 Å². The fourth-order valence-electron chi connectivity index (χ4n) is 5.15. The van der Waals surface area contributed by atoms with E-state index in [9.17, 15) is 24.3 Å². The van der Waals surface area contributed by atoms with Crippen LogP contribution in [0.5, 0.6) is 5.75 Å². The Bertz CT molecular complexity index is 1200. The molecule has 0 radical (unpaired) electrons. The molecule has 2 aliphatic rings. The summed E-state index contributed by atoms with van der Waals surface area (Å²) >= 11 is 0. The Labute approximate surface area is 203 Å². The minimum atomic E-state index is -1.61. The highest BCUT2D eigenvalue weighted by molar-refractivity contribution is 6.24. The van der Waals surface area contributed by atoms with Crippen LogP contribution in [0.1, 0.15) is 36.7 Å². The number of anilines is 1. The molecular weight excluding hydrogens is 448 g/mol. The molecule has 2 fully saturated rings. The van der Waals surface area contributed by atoms with Gasteiger partial charge in [-0.05, 0) is 54.8 Å². The molecule has 2 saturated heterocycles. The standard InChI is InChI=1S/C27H28N2O6/c1-15(2)27(26(33)34)23-22(21(28-27)14-7-17-5-12-20(35-4)13-6-17)24(31)29(25(23)32)19-10-8-18(9-11-19)16(3)30/h5-15,21-23,28H,1-4H3,(H,33,34)/b14-7-. The highest BCUT2D eigenvalue weighted by Crippen LogP contribution is 2.48. The molecule has 0 saturated carbocycles. The lowest BCUT2D eigenvalue weighted by molar-refractivity contribution is -0.151. The fourth-order valence-corrected chi connectivity index (χ4v) is 5.15. The van der Waals surface area contributed by atoms with Crippen molar-refractivity contribution >= 4 is 35.3 Å². The van der Waals surface area contributed by atoms with Gasteiger partial charge in [-0.3, -0.25) is 24.5 Å². The molecule has 4 atom stereocenters. The SMILES string of the molecule is COc1ccc(/C=C\C2NC(C(=O)O)(C(C)C)C3C(=O)N(c4ccc(C(C)=O)cc4)C(=O)C23)cc1. The van der Waals surface area contributed by atoms with Crippen molar-refractivity contribution in [2.75, 3.05) is 12.0 Å². The molecule has 0 aromatic heterocycles. The van der Waals surface area contributed by atoms with Crippen molar-refractivity contribution in [3.8, 4) is 5.75 Å². The number of rotatable bonds is 7. The first-order valence-corrected chi connectivity index (χ1v) is 11.4. The van der Waals surface area contributed by atoms with Crippen molar-refractivity contribution in [2.24, 2.45) is 17.8 Å². The van der Waals surface area contributed by atoms with Gasteiger partial charge in [-0.1, -0.05) is 38.1 Å². The van der Waals surface area contributed by atoms with Gasteiger partial charge in [0, 0.05) is 11.6 Å². The first-order chi connectivity index (χ1) is 16.6. The lowest BCUT2D eigenvalue weighted by atomic mass is 9.73. The summed E-state index contributed by atoms with van der Waals surface area (Å²) in [6.45, 7) is 4.90. The van der Waals surface area contributed by atoms with E-state index in [1.807, 2.05) is 12.1 Å². The molecule has 182 valence electrons. The Balaban J connectivity index is 1.74. The zero-order valence-electron chi connectivity index (χ0n) is 20.0. The van der Waals surface area contributed by atoms with Crippen LogP contribution in [0, 0.1) is 17.8 Å². The minimum Gasteiger partial charge on any atom is -0.497 e. The van der Waals surface area contributed by atoms with Crippen LogP contribution in [-0.4, -0.2) is 47.4 Å². The number of carboxylic acids is 1. The second-order valence-corrected chi connectivity index (χ2v) is 9.25. The summed E-state index contributed by atoms with van der Waals surface area (Å²) in [5.74, 6) is -4.05. The summed E-state index contributed by atoms with van der Waals surface area (Å²) in [5.41, 5.74) is 0.00722. The summed E-state index contributed by atoms with van der Waals surface area (Å²) in [7, 11) is 1.58. The first-order valence-electron chi connectivity index (χ1n) is 11.4. The Morgan fingerprint density at radius 1 is 1.06 bits per heavy atom. The Hall–Kier alpha value is -3.78. The lowest BCUT2D eigenvalue weighted by Crippen LogP contribution is -2.60. The molecule has 2 amide bonds. The molecule has 2 aliphatic heterocycles. The van der Waals surface area contributed by atoms with E-state index < -0.39 is 47.1 Å². The first kappa shape index (κ1) is 24.3. The van der Waals surface area contributed by atoms with Crippen LogP contribution in [0.25, 0.3) is 6.08 Å². The van der Waals surface area contributed by atoms with Gasteiger partial charge < -0.3 is 9.84 Å². The number of ketones is 1. The molecule has 2 heterocycles. The molecule has 0 spiro atoms. The molecule has 0 aliphatic carbocycles. The van der Waals surface area contributed by atoms with Crippen LogP contribution in [0.2, 0.25) is 0 Å². The number of nitrogens with zero attached hydrogens (tertiary/aromatic N) is 1. The maximum Gasteiger partial charge on any atom is 0.325 e. The van der Waals surface area contributed by atoms with Crippen molar-refractivity contribution in [2.45, 2.75) is 32.4 Å². The number of ether oxygens (including phenoxy) is 1. The van der Waals surface area contributed by atoms with Crippen molar-refractivity contribution in [1.82, 2.24) is 5.32 Å². The monoisotopic (exact) mass is 476 g/mol. The zero-order valence-corrected chi connectivity index (χ0v) is 20.0. The minimum absolute atomic E-state index is 0.134. The molecule has 4 rings (SSSR count). The smallest absolute Gasteiger partial charge is 0.325 e. The average Bonchev–Trinajstić information content (AvgIpc) is 3.32. The van der Waals surface area contributed by atoms with Crippen LogP contribution in [0.15, 0.2) is 54.6 Å². The number of hydrogen-bond donors (Lipinski definition) is 2. The van der Waals surface area contributed by atoms with Gasteiger partial charge in [0.1, 0.15) is 11.3 Å². The van der Waals surface area contributed by atoms with Crippen molar-refractivity contribution < 1.29 is 29.0 Å². The van der Waals surface area contributed by atoms with Gasteiger partial charge in [-0.2, -0.15) is 0 Å². The van der Waals surface area contributed by atoms with E-state index in [4.69, 9.17) is 4.74 Å². The Kier molecular flexibility index (Phi) is 6.34. The van der Waals surface area contributed by atoms with Gasteiger partial charge >= 0.3 is 5.97 Å². The molecule has 2 N–H and O–H groups in total. The van der Waals surface area contributed by atoms with E-state index in [0.29, 0.717) is 17.0 Å². The third kappa shape index (κ3) is 3.93. The molecular formula is C27H28N2O6. The van der Waals surface area contributed by atoms with E-state index in [1.165, 1.54) is 6.92 Å². The average molecular weight is 477 g/mol. The van der Waals surface area contributed by atoms with Gasteiger partial charge in [0.05, 0.1) is 24.6 Å². The number of methoxy groups -OCH3 is 1. The number of benzene rings is 2. The van der Waals surface area contributed by atoms with Gasteiger partial charge in [-0.15, -0.1) is 0 Å². The largest absolute Gasteiger partial charge is 0.497 e. The van der Waals surface area contributed by atoms with Crippen LogP contribution in [-0.2, 0) is 14.4 Å². The number of Topliss-reactive ketones (excluding diaryl/α,β-unsaturated/α-hetero) is 1. The van der Waals surface area contributed by atoms with Gasteiger partial charge in [0.2, 0.25) is 11.8 Å². The highest BCUT2D eigenvalue weighted by atomic mass is 16.5. The molecule has 2 aromatic carbocycles. The summed E-state index contributed by atoms with van der Waals surface area (Å²) < 4.78 is 5.18. The van der Waals surface area contributed by atoms with E-state index in [-0.39, 0.29) is 5.78 Å². The molecule has 35 heavy (non-hydrogen) atoms. The zero-order chi connectivity index (χ0) is 25.5. The topological polar surface area (TPSA) is 113 Å². The molecule has 8 nitrogen and oxygen atoms in total. The van der Waals surface area contributed by atoms with Gasteiger partial charge in [0.25, 0.3) is 0 Å². The number of carboxylic acid groups (broad SMARTS) is 1. The van der Waals surface area contributed by atoms with E-state index in [0.717, 1.165) is 10.5 Å². The van der Waals surface area contributed by atoms with Gasteiger partial charge in [-0.25, -0.2) is 4.90 Å². The predicted octanol–water partition coefficient (Wildman–Crippen LogP) is 3.17. The number of amides is 2. The second kappa shape index (κ2) is 9.11. The molecule has 2 aromatic rings. The van der Waals surface area contributed by atoms with Crippen molar-refractivity contribution in [3.05, 3.63) is 65.7 Å². The Morgan fingerprint density at radius 3 is 2.20 bits per heavy atom. The van der Waals surface area contributed by atoms with Gasteiger partial charge in [0.15, 0.2) is 5.78 Å². The fraction of sp³-hybridized carbons (Fsp3) is 0.333.